The molecule has 0 radical (unpaired) electrons. The van der Waals surface area contributed by atoms with Crippen LogP contribution in [0.1, 0.15) is 35.3 Å². The summed E-state index contributed by atoms with van der Waals surface area (Å²) in [5.74, 6) is -0.376. The van der Waals surface area contributed by atoms with Crippen molar-refractivity contribution >= 4 is 48.0 Å². The number of benzene rings is 2. The van der Waals surface area contributed by atoms with Crippen LogP contribution in [0.3, 0.4) is 0 Å². The van der Waals surface area contributed by atoms with E-state index in [0.29, 0.717) is 36.8 Å². The average Bonchev–Trinajstić information content (AvgIpc) is 2.87. The summed E-state index contributed by atoms with van der Waals surface area (Å²) >= 11 is 6.08. The van der Waals surface area contributed by atoms with Crippen LogP contribution in [0.5, 0.6) is 0 Å². The predicted octanol–water partition coefficient (Wildman–Crippen LogP) is 5.75. The van der Waals surface area contributed by atoms with Gasteiger partial charge in [-0.05, 0) is 56.2 Å². The van der Waals surface area contributed by atoms with Crippen molar-refractivity contribution in [3.05, 3.63) is 64.2 Å². The summed E-state index contributed by atoms with van der Waals surface area (Å²) in [6, 6.07) is 10.9. The second-order valence-electron chi connectivity index (χ2n) is 11.0. The second kappa shape index (κ2) is 15.1. The molecule has 0 unspecified atom stereocenters. The van der Waals surface area contributed by atoms with Crippen LogP contribution in [0.4, 0.5) is 18.9 Å². The Morgan fingerprint density at radius 2 is 1.56 bits per heavy atom. The topological polar surface area (TPSA) is 39.3 Å². The highest BCUT2D eigenvalue weighted by Gasteiger charge is 2.35. The molecule has 0 aliphatic carbocycles. The fourth-order valence-corrected chi connectivity index (χ4v) is 5.66. The number of ether oxygens (including phenoxy) is 1. The Balaban J connectivity index is 0.00000294. The first-order valence-corrected chi connectivity index (χ1v) is 13.8. The number of hydrogen-bond donors (Lipinski definition) is 0. The Morgan fingerprint density at radius 1 is 0.951 bits per heavy atom. The van der Waals surface area contributed by atoms with Gasteiger partial charge in [0.1, 0.15) is 0 Å². The van der Waals surface area contributed by atoms with E-state index in [9.17, 15) is 18.0 Å². The lowest BCUT2D eigenvalue weighted by atomic mass is 10.00. The van der Waals surface area contributed by atoms with Crippen LogP contribution >= 0.6 is 36.4 Å². The van der Waals surface area contributed by atoms with E-state index in [-0.39, 0.29) is 54.5 Å². The first-order valence-electron chi connectivity index (χ1n) is 13.4. The maximum absolute atomic E-state index is 13.8. The van der Waals surface area contributed by atoms with E-state index in [4.69, 9.17) is 16.3 Å². The molecule has 1 amide bonds. The van der Waals surface area contributed by atoms with Crippen molar-refractivity contribution in [1.82, 2.24) is 14.7 Å². The maximum Gasteiger partial charge on any atom is 0.416 e. The number of carbonyl (C=O) groups is 1. The Labute approximate surface area is 258 Å². The Morgan fingerprint density at radius 3 is 2.15 bits per heavy atom. The lowest BCUT2D eigenvalue weighted by Crippen LogP contribution is -2.57. The van der Waals surface area contributed by atoms with Crippen LogP contribution in [-0.2, 0) is 17.3 Å². The largest absolute Gasteiger partial charge is 0.416 e. The minimum absolute atomic E-state index is 0. The number of rotatable bonds is 7. The fraction of sp³-hybridized carbons (Fsp3) is 0.552. The van der Waals surface area contributed by atoms with Gasteiger partial charge in [-0.15, -0.1) is 24.8 Å². The minimum Gasteiger partial charge on any atom is -0.378 e. The molecular formula is C29H40Cl3F3N4O2. The highest BCUT2D eigenvalue weighted by atomic mass is 35.5. The zero-order valence-corrected chi connectivity index (χ0v) is 26.3. The van der Waals surface area contributed by atoms with Crippen molar-refractivity contribution < 1.29 is 22.7 Å². The quantitative estimate of drug-likeness (QED) is 0.386. The summed E-state index contributed by atoms with van der Waals surface area (Å²) < 4.78 is 46.9. The SMILES string of the molecule is C[C@@H]1CN(CCN2CCN(C(=O)c3cc(N(C)C)cc(C(F)(F)F)c3)[C@H](Cc3ccc(Cl)cc3)C2)C[C@H](C)O1.Cl.Cl. The molecule has 0 aromatic heterocycles. The summed E-state index contributed by atoms with van der Waals surface area (Å²) in [5, 5.41) is 0.631. The molecule has 230 valence electrons. The molecule has 2 heterocycles. The Kier molecular flexibility index (Phi) is 13.1. The summed E-state index contributed by atoms with van der Waals surface area (Å²) in [4.78, 5) is 21.9. The van der Waals surface area contributed by atoms with Crippen molar-refractivity contribution in [3.8, 4) is 0 Å². The van der Waals surface area contributed by atoms with Crippen LogP contribution in [0.2, 0.25) is 5.02 Å². The van der Waals surface area contributed by atoms with Crippen LogP contribution in [-0.4, -0.2) is 98.8 Å². The van der Waals surface area contributed by atoms with E-state index in [1.54, 1.807) is 30.0 Å². The van der Waals surface area contributed by atoms with Crippen LogP contribution < -0.4 is 4.90 Å². The van der Waals surface area contributed by atoms with Crippen molar-refractivity contribution in [2.75, 3.05) is 64.8 Å². The number of piperazine rings is 1. The molecule has 0 spiro atoms. The number of alkyl halides is 3. The van der Waals surface area contributed by atoms with Gasteiger partial charge in [0.25, 0.3) is 5.91 Å². The second-order valence-corrected chi connectivity index (χ2v) is 11.4. The molecule has 0 N–H and O–H groups in total. The Hall–Kier alpha value is -1.75. The number of nitrogens with zero attached hydrogens (tertiary/aromatic N) is 4. The van der Waals surface area contributed by atoms with Gasteiger partial charge in [0.15, 0.2) is 0 Å². The normalized spacial score (nSPS) is 22.0. The Bertz CT molecular complexity index is 1130. The van der Waals surface area contributed by atoms with Gasteiger partial charge in [-0.1, -0.05) is 23.7 Å². The lowest BCUT2D eigenvalue weighted by molar-refractivity contribution is -0.137. The first kappa shape index (κ1) is 35.4. The minimum atomic E-state index is -4.54. The fourth-order valence-electron chi connectivity index (χ4n) is 5.53. The van der Waals surface area contributed by atoms with Gasteiger partial charge in [-0.25, -0.2) is 0 Å². The van der Waals surface area contributed by atoms with E-state index in [1.165, 1.54) is 0 Å². The molecule has 2 aliphatic rings. The standard InChI is InChI=1S/C29H38ClF3N4O2.2ClH/c1-20-17-36(18-21(2)39-20)10-9-35-11-12-37(27(19-35)13-22-5-7-25(30)8-6-22)28(38)23-14-24(29(31,32)33)16-26(15-23)34(3)4;;/h5-8,14-16,20-21,27H,9-13,17-19H2,1-4H3;2*1H/t20-,21+,27-;;/m1../s1. The molecule has 0 saturated carbocycles. The molecule has 4 rings (SSSR count). The van der Waals surface area contributed by atoms with E-state index in [0.717, 1.165) is 43.9 Å². The van der Waals surface area contributed by atoms with Gasteiger partial charge in [0.05, 0.1) is 17.8 Å². The highest BCUT2D eigenvalue weighted by molar-refractivity contribution is 6.30. The monoisotopic (exact) mass is 638 g/mol. The van der Waals surface area contributed by atoms with E-state index in [2.05, 4.69) is 23.6 Å². The molecule has 0 bridgehead atoms. The molecule has 2 aromatic rings. The number of morpholine rings is 1. The zero-order valence-electron chi connectivity index (χ0n) is 23.9. The average molecular weight is 640 g/mol. The molecular weight excluding hydrogens is 600 g/mol. The predicted molar refractivity (Wildman–Crippen MR) is 163 cm³/mol. The van der Waals surface area contributed by atoms with Gasteiger partial charge >= 0.3 is 6.18 Å². The summed E-state index contributed by atoms with van der Waals surface area (Å²) in [6.07, 6.45) is -3.57. The van der Waals surface area contributed by atoms with Crippen molar-refractivity contribution in [3.63, 3.8) is 0 Å². The number of carbonyl (C=O) groups excluding carboxylic acids is 1. The first-order chi connectivity index (χ1) is 18.4. The van der Waals surface area contributed by atoms with Crippen LogP contribution in [0.15, 0.2) is 42.5 Å². The molecule has 3 atom stereocenters. The molecule has 6 nitrogen and oxygen atoms in total. The molecule has 2 aliphatic heterocycles. The van der Waals surface area contributed by atoms with Gasteiger partial charge in [-0.2, -0.15) is 13.2 Å². The maximum atomic E-state index is 13.8. The third-order valence-corrected chi connectivity index (χ3v) is 7.70. The highest BCUT2D eigenvalue weighted by Crippen LogP contribution is 2.33. The van der Waals surface area contributed by atoms with Crippen LogP contribution in [0, 0.1) is 0 Å². The van der Waals surface area contributed by atoms with Gasteiger partial charge in [0, 0.05) is 82.2 Å². The van der Waals surface area contributed by atoms with Gasteiger partial charge in [0.2, 0.25) is 0 Å². The van der Waals surface area contributed by atoms with Crippen molar-refractivity contribution in [1.29, 1.82) is 0 Å². The molecule has 2 saturated heterocycles. The van der Waals surface area contributed by atoms with Crippen molar-refractivity contribution in [2.24, 2.45) is 0 Å². The van der Waals surface area contributed by atoms with Gasteiger partial charge in [-0.3, -0.25) is 14.6 Å². The lowest BCUT2D eigenvalue weighted by Gasteiger charge is -2.43. The summed E-state index contributed by atoms with van der Waals surface area (Å²) in [7, 11) is 3.34. The molecule has 12 heteroatoms. The van der Waals surface area contributed by atoms with Gasteiger partial charge < -0.3 is 14.5 Å². The molecule has 2 aromatic carbocycles. The number of amides is 1. The summed E-state index contributed by atoms with van der Waals surface area (Å²) in [5.41, 5.74) is 0.603. The van der Waals surface area contributed by atoms with E-state index >= 15 is 0 Å². The van der Waals surface area contributed by atoms with E-state index < -0.39 is 11.7 Å². The van der Waals surface area contributed by atoms with E-state index in [1.807, 2.05) is 24.3 Å². The summed E-state index contributed by atoms with van der Waals surface area (Å²) in [6.45, 7) is 9.46. The molecule has 2 fully saturated rings. The third-order valence-electron chi connectivity index (χ3n) is 7.45. The smallest absolute Gasteiger partial charge is 0.378 e. The zero-order chi connectivity index (χ0) is 28.3. The number of halogens is 6. The van der Waals surface area contributed by atoms with Crippen molar-refractivity contribution in [2.45, 2.75) is 44.7 Å². The number of anilines is 1. The number of hydrogen-bond acceptors (Lipinski definition) is 5. The van der Waals surface area contributed by atoms with Crippen LogP contribution in [0.25, 0.3) is 0 Å². The third kappa shape index (κ3) is 9.63. The molecule has 41 heavy (non-hydrogen) atoms.